The van der Waals surface area contributed by atoms with Gasteiger partial charge in [0.15, 0.2) is 15.6 Å². The molecule has 1 N–H and O–H groups in total. The Morgan fingerprint density at radius 3 is 2.70 bits per heavy atom. The molecule has 1 amide bonds. The molecule has 3 rings (SSSR count). The third-order valence-electron chi connectivity index (χ3n) is 4.07. The number of thiophene rings is 1. The lowest BCUT2D eigenvalue weighted by Crippen LogP contribution is -2.25. The third kappa shape index (κ3) is 4.84. The Morgan fingerprint density at radius 1 is 1.22 bits per heavy atom. The monoisotopic (exact) mass is 404 g/mol. The van der Waals surface area contributed by atoms with Crippen molar-refractivity contribution in [2.75, 3.05) is 5.75 Å². The fourth-order valence-electron chi connectivity index (χ4n) is 2.61. The normalized spacial score (nSPS) is 11.5. The molecule has 6 nitrogen and oxygen atoms in total. The van der Waals surface area contributed by atoms with Gasteiger partial charge in [0.2, 0.25) is 5.91 Å². The van der Waals surface area contributed by atoms with Crippen LogP contribution in [0.5, 0.6) is 0 Å². The quantitative estimate of drug-likeness (QED) is 0.651. The Hall–Kier alpha value is -2.45. The molecule has 0 radical (unpaired) electrons. The second-order valence-electron chi connectivity index (χ2n) is 6.24. The van der Waals surface area contributed by atoms with Crippen LogP contribution in [0.25, 0.3) is 11.3 Å². The van der Waals surface area contributed by atoms with Crippen LogP contribution in [-0.2, 0) is 21.2 Å². The number of benzene rings is 1. The molecule has 2 heterocycles. The van der Waals surface area contributed by atoms with Crippen molar-refractivity contribution in [3.8, 4) is 11.3 Å². The van der Waals surface area contributed by atoms with Gasteiger partial charge in [0.05, 0.1) is 22.9 Å². The van der Waals surface area contributed by atoms with Gasteiger partial charge in [-0.1, -0.05) is 23.4 Å². The second kappa shape index (κ2) is 8.06. The molecule has 8 heteroatoms. The van der Waals surface area contributed by atoms with Gasteiger partial charge < -0.3 is 9.84 Å². The first-order valence-electron chi connectivity index (χ1n) is 8.41. The van der Waals surface area contributed by atoms with E-state index in [1.54, 1.807) is 49.4 Å². The summed E-state index contributed by atoms with van der Waals surface area (Å²) in [6.07, 6.45) is -0.0845. The van der Waals surface area contributed by atoms with E-state index in [9.17, 15) is 13.2 Å². The molecule has 0 saturated heterocycles. The van der Waals surface area contributed by atoms with Crippen molar-refractivity contribution in [1.82, 2.24) is 10.5 Å². The minimum Gasteiger partial charge on any atom is -0.356 e. The summed E-state index contributed by atoms with van der Waals surface area (Å²) in [4.78, 5) is 13.2. The van der Waals surface area contributed by atoms with Crippen LogP contribution in [0, 0.1) is 13.8 Å². The van der Waals surface area contributed by atoms with Crippen LogP contribution < -0.4 is 5.32 Å². The fraction of sp³-hybridized carbons (Fsp3) is 0.263. The number of aryl methyl sites for hydroxylation is 2. The molecule has 0 aliphatic rings. The molecule has 2 aromatic heterocycles. The summed E-state index contributed by atoms with van der Waals surface area (Å²) in [5.74, 6) is -0.0208. The largest absolute Gasteiger partial charge is 0.356 e. The van der Waals surface area contributed by atoms with E-state index in [0.29, 0.717) is 23.4 Å². The molecule has 0 aliphatic carbocycles. The van der Waals surface area contributed by atoms with E-state index in [4.69, 9.17) is 4.52 Å². The van der Waals surface area contributed by atoms with Gasteiger partial charge in [-0.05, 0) is 36.9 Å². The van der Waals surface area contributed by atoms with Gasteiger partial charge in [0.25, 0.3) is 0 Å². The number of sulfone groups is 1. The van der Waals surface area contributed by atoms with Gasteiger partial charge in [0, 0.05) is 22.9 Å². The Labute approximate surface area is 162 Å². The van der Waals surface area contributed by atoms with Crippen molar-refractivity contribution >= 4 is 27.1 Å². The highest BCUT2D eigenvalue weighted by atomic mass is 32.2. The first-order valence-corrected chi connectivity index (χ1v) is 10.9. The highest BCUT2D eigenvalue weighted by Crippen LogP contribution is 2.26. The van der Waals surface area contributed by atoms with Crippen molar-refractivity contribution in [3.05, 3.63) is 57.9 Å². The average Bonchev–Trinajstić information content (AvgIpc) is 3.30. The van der Waals surface area contributed by atoms with E-state index in [0.717, 1.165) is 10.6 Å². The lowest BCUT2D eigenvalue weighted by Gasteiger charge is -2.09. The summed E-state index contributed by atoms with van der Waals surface area (Å²) in [6.45, 7) is 3.95. The van der Waals surface area contributed by atoms with E-state index in [1.165, 1.54) is 0 Å². The van der Waals surface area contributed by atoms with Crippen molar-refractivity contribution in [2.45, 2.75) is 31.7 Å². The number of hydrogen-bond donors (Lipinski definition) is 1. The number of aromatic nitrogens is 1. The van der Waals surface area contributed by atoms with Gasteiger partial charge >= 0.3 is 0 Å². The Morgan fingerprint density at radius 2 is 2.04 bits per heavy atom. The molecule has 0 fully saturated rings. The lowest BCUT2D eigenvalue weighted by molar-refractivity contribution is -0.120. The highest BCUT2D eigenvalue weighted by molar-refractivity contribution is 7.91. The molecule has 0 bridgehead atoms. The Kier molecular flexibility index (Phi) is 5.76. The maximum Gasteiger partial charge on any atom is 0.221 e. The van der Waals surface area contributed by atoms with Crippen LogP contribution >= 0.6 is 11.3 Å². The zero-order valence-electron chi connectivity index (χ0n) is 15.1. The van der Waals surface area contributed by atoms with E-state index in [2.05, 4.69) is 10.5 Å². The van der Waals surface area contributed by atoms with Crippen LogP contribution in [0.1, 0.15) is 22.6 Å². The van der Waals surface area contributed by atoms with Gasteiger partial charge in [-0.3, -0.25) is 4.79 Å². The summed E-state index contributed by atoms with van der Waals surface area (Å²) in [5, 5.41) is 8.51. The first kappa shape index (κ1) is 19.3. The molecular formula is C19H20N2O4S2. The minimum absolute atomic E-state index is 0.0845. The van der Waals surface area contributed by atoms with E-state index >= 15 is 0 Å². The molecule has 0 aliphatic heterocycles. The van der Waals surface area contributed by atoms with Gasteiger partial charge in [-0.25, -0.2) is 8.42 Å². The molecule has 142 valence electrons. The highest BCUT2D eigenvalue weighted by Gasteiger charge is 2.20. The van der Waals surface area contributed by atoms with Crippen molar-refractivity contribution in [2.24, 2.45) is 0 Å². The average molecular weight is 405 g/mol. The predicted octanol–water partition coefficient (Wildman–Crippen LogP) is 3.50. The summed E-state index contributed by atoms with van der Waals surface area (Å²) in [6, 6.07) is 10.7. The number of nitrogens with zero attached hydrogens (tertiary/aromatic N) is 1. The summed E-state index contributed by atoms with van der Waals surface area (Å²) >= 11 is 1.54. The minimum atomic E-state index is -3.60. The third-order valence-corrected chi connectivity index (χ3v) is 6.80. The molecule has 27 heavy (non-hydrogen) atoms. The van der Waals surface area contributed by atoms with Gasteiger partial charge in [-0.15, -0.1) is 11.3 Å². The molecule has 0 saturated carbocycles. The molecule has 3 aromatic rings. The first-order chi connectivity index (χ1) is 12.8. The van der Waals surface area contributed by atoms with Gasteiger partial charge in [-0.2, -0.15) is 0 Å². The number of nitrogens with one attached hydrogen (secondary N) is 1. The van der Waals surface area contributed by atoms with Crippen LogP contribution in [0.4, 0.5) is 0 Å². The summed E-state index contributed by atoms with van der Waals surface area (Å²) in [7, 11) is -3.60. The number of amides is 1. The lowest BCUT2D eigenvalue weighted by atomic mass is 10.1. The van der Waals surface area contributed by atoms with Crippen molar-refractivity contribution in [3.63, 3.8) is 0 Å². The van der Waals surface area contributed by atoms with Crippen molar-refractivity contribution in [1.29, 1.82) is 0 Å². The van der Waals surface area contributed by atoms with Crippen LogP contribution in [0.2, 0.25) is 0 Å². The predicted molar refractivity (Wildman–Crippen MR) is 104 cm³/mol. The van der Waals surface area contributed by atoms with Crippen LogP contribution in [0.3, 0.4) is 0 Å². The zero-order valence-corrected chi connectivity index (χ0v) is 16.7. The molecule has 0 spiro atoms. The topological polar surface area (TPSA) is 89.3 Å². The summed E-state index contributed by atoms with van der Waals surface area (Å²) in [5.41, 5.74) is 1.99. The van der Waals surface area contributed by atoms with Gasteiger partial charge in [0.1, 0.15) is 0 Å². The van der Waals surface area contributed by atoms with Crippen LogP contribution in [-0.4, -0.2) is 25.2 Å². The maximum absolute atomic E-state index is 12.8. The molecule has 0 atom stereocenters. The molecule has 1 aromatic carbocycles. The zero-order chi connectivity index (χ0) is 19.4. The van der Waals surface area contributed by atoms with E-state index in [1.807, 2.05) is 17.5 Å². The number of rotatable bonds is 7. The maximum atomic E-state index is 12.8. The summed E-state index contributed by atoms with van der Waals surface area (Å²) < 4.78 is 30.7. The second-order valence-corrected chi connectivity index (χ2v) is 9.35. The van der Waals surface area contributed by atoms with E-state index < -0.39 is 9.84 Å². The Balaban J connectivity index is 1.69. The van der Waals surface area contributed by atoms with E-state index in [-0.39, 0.29) is 23.0 Å². The Bertz CT molecular complexity index is 1040. The van der Waals surface area contributed by atoms with Crippen LogP contribution in [0.15, 0.2) is 51.2 Å². The number of carbonyl (C=O) groups is 1. The number of hydrogen-bond acceptors (Lipinski definition) is 6. The standard InChI is InChI=1S/C19H20N2O4S2/c1-13-5-6-15(17-10-14(2)21-25-17)11-18(13)27(23,24)9-7-19(22)20-12-16-4-3-8-26-16/h3-6,8,10-11H,7,9,12H2,1-2H3,(H,20,22). The molecular weight excluding hydrogens is 384 g/mol. The number of carbonyl (C=O) groups excluding carboxylic acids is 1. The SMILES string of the molecule is Cc1cc(-c2ccc(C)c(S(=O)(=O)CCC(=O)NCc3cccs3)c2)on1. The van der Waals surface area contributed by atoms with Crippen molar-refractivity contribution < 1.29 is 17.7 Å². The fourth-order valence-corrected chi connectivity index (χ4v) is 4.80. The molecule has 0 unspecified atom stereocenters. The smallest absolute Gasteiger partial charge is 0.221 e.